The molecule has 5 nitrogen and oxygen atoms in total. The number of fused-ring (bicyclic) bond motifs is 1. The summed E-state index contributed by atoms with van der Waals surface area (Å²) in [6.07, 6.45) is 3.53. The molecule has 0 amide bonds. The second-order valence-electron chi connectivity index (χ2n) is 6.87. The molecule has 2 heterocycles. The van der Waals surface area contributed by atoms with E-state index < -0.39 is 0 Å². The lowest BCUT2D eigenvalue weighted by atomic mass is 10.2. The maximum Gasteiger partial charge on any atom is 0.164 e. The van der Waals surface area contributed by atoms with Gasteiger partial charge in [0.1, 0.15) is 17.9 Å². The van der Waals surface area contributed by atoms with E-state index in [4.69, 9.17) is 0 Å². The van der Waals surface area contributed by atoms with Gasteiger partial charge >= 0.3 is 0 Å². The smallest absolute Gasteiger partial charge is 0.164 e. The summed E-state index contributed by atoms with van der Waals surface area (Å²) in [5.74, 6) is 0.987. The van der Waals surface area contributed by atoms with Crippen molar-refractivity contribution < 1.29 is 5.11 Å². The van der Waals surface area contributed by atoms with Gasteiger partial charge in [-0.05, 0) is 61.4 Å². The summed E-state index contributed by atoms with van der Waals surface area (Å²) in [5, 5.41) is 14.1. The summed E-state index contributed by atoms with van der Waals surface area (Å²) < 4.78 is 0. The Morgan fingerprint density at radius 3 is 2.76 bits per heavy atom. The van der Waals surface area contributed by atoms with Crippen molar-refractivity contribution in [2.24, 2.45) is 0 Å². The largest absolute Gasteiger partial charge is 0.508 e. The molecular weight excluding hydrogens is 380 g/mol. The van der Waals surface area contributed by atoms with Crippen LogP contribution in [0.3, 0.4) is 0 Å². The zero-order chi connectivity index (χ0) is 20.2. The number of aromatic nitrogens is 3. The molecule has 0 saturated carbocycles. The third kappa shape index (κ3) is 4.49. The van der Waals surface area contributed by atoms with Gasteiger partial charge in [-0.3, -0.25) is 0 Å². The van der Waals surface area contributed by atoms with Crippen LogP contribution in [0.2, 0.25) is 0 Å². The average Bonchev–Trinajstić information content (AvgIpc) is 2.70. The van der Waals surface area contributed by atoms with Gasteiger partial charge in [0.15, 0.2) is 5.65 Å². The minimum Gasteiger partial charge on any atom is -0.508 e. The van der Waals surface area contributed by atoms with Crippen molar-refractivity contribution in [3.63, 3.8) is 0 Å². The molecule has 0 atom stereocenters. The van der Waals surface area contributed by atoms with Crippen LogP contribution in [-0.4, -0.2) is 20.1 Å². The first kappa shape index (κ1) is 19.2. The van der Waals surface area contributed by atoms with Gasteiger partial charge in [0, 0.05) is 15.5 Å². The van der Waals surface area contributed by atoms with Crippen LogP contribution in [0.15, 0.2) is 70.7 Å². The van der Waals surface area contributed by atoms with Crippen molar-refractivity contribution in [2.75, 3.05) is 5.32 Å². The highest BCUT2D eigenvalue weighted by Gasteiger charge is 2.11. The maximum absolute atomic E-state index is 9.77. The van der Waals surface area contributed by atoms with Gasteiger partial charge < -0.3 is 10.4 Å². The van der Waals surface area contributed by atoms with Gasteiger partial charge in [-0.15, -0.1) is 0 Å². The number of aromatic hydroxyl groups is 1. The monoisotopic (exact) mass is 402 g/mol. The Hall–Kier alpha value is -3.12. The third-order valence-electron chi connectivity index (χ3n) is 4.49. The van der Waals surface area contributed by atoms with Crippen molar-refractivity contribution in [1.82, 2.24) is 15.0 Å². The fourth-order valence-electron chi connectivity index (χ4n) is 3.11. The predicted octanol–water partition coefficient (Wildman–Crippen LogP) is 5.89. The fourth-order valence-corrected chi connectivity index (χ4v) is 4.04. The van der Waals surface area contributed by atoms with Gasteiger partial charge in [-0.25, -0.2) is 15.0 Å². The molecular formula is C23H22N4OS. The molecule has 0 aliphatic carbocycles. The van der Waals surface area contributed by atoms with E-state index in [-0.39, 0.29) is 5.75 Å². The Morgan fingerprint density at radius 2 is 1.93 bits per heavy atom. The van der Waals surface area contributed by atoms with Crippen molar-refractivity contribution in [1.29, 1.82) is 0 Å². The Bertz CT molecular complexity index is 1160. The van der Waals surface area contributed by atoms with E-state index in [2.05, 4.69) is 52.3 Å². The topological polar surface area (TPSA) is 70.9 Å². The van der Waals surface area contributed by atoms with Crippen LogP contribution in [0, 0.1) is 6.92 Å². The number of nitrogens with zero attached hydrogens (tertiary/aromatic N) is 3. The summed E-state index contributed by atoms with van der Waals surface area (Å²) in [7, 11) is 0. The normalized spacial score (nSPS) is 11.0. The first-order valence-electron chi connectivity index (χ1n) is 9.57. The zero-order valence-electron chi connectivity index (χ0n) is 16.4. The molecule has 29 heavy (non-hydrogen) atoms. The predicted molar refractivity (Wildman–Crippen MR) is 118 cm³/mol. The zero-order valence-corrected chi connectivity index (χ0v) is 17.2. The van der Waals surface area contributed by atoms with Crippen molar-refractivity contribution in [3.8, 4) is 5.75 Å². The van der Waals surface area contributed by atoms with Crippen molar-refractivity contribution in [2.45, 2.75) is 36.5 Å². The van der Waals surface area contributed by atoms with Crippen LogP contribution in [0.1, 0.15) is 24.6 Å². The van der Waals surface area contributed by atoms with E-state index in [0.717, 1.165) is 50.8 Å². The summed E-state index contributed by atoms with van der Waals surface area (Å²) >= 11 is 1.59. The van der Waals surface area contributed by atoms with Crippen molar-refractivity contribution in [3.05, 3.63) is 72.2 Å². The van der Waals surface area contributed by atoms with Gasteiger partial charge in [-0.1, -0.05) is 37.2 Å². The number of aryl methyl sites for hydroxylation is 2. The molecule has 2 aromatic heterocycles. The number of hydrogen-bond donors (Lipinski definition) is 2. The van der Waals surface area contributed by atoms with Gasteiger partial charge in [0.25, 0.3) is 0 Å². The molecule has 146 valence electrons. The average molecular weight is 403 g/mol. The molecule has 0 spiro atoms. The quantitative estimate of drug-likeness (QED) is 0.419. The lowest BCUT2D eigenvalue weighted by Crippen LogP contribution is -2.00. The van der Waals surface area contributed by atoms with Crippen LogP contribution < -0.4 is 5.32 Å². The first-order chi connectivity index (χ1) is 14.1. The number of benzene rings is 2. The first-order valence-corrected chi connectivity index (χ1v) is 10.4. The van der Waals surface area contributed by atoms with E-state index >= 15 is 0 Å². The molecule has 0 radical (unpaired) electrons. The number of pyridine rings is 1. The highest BCUT2D eigenvalue weighted by Crippen LogP contribution is 2.37. The molecule has 0 unspecified atom stereocenters. The van der Waals surface area contributed by atoms with E-state index in [0.29, 0.717) is 5.65 Å². The molecule has 0 saturated heterocycles. The standard InChI is InChI=1S/C23H22N4OS/c1-3-5-16-9-10-19-22(26-16)24-14-25-23(19)27-20-12-15(2)8-11-21(20)29-18-7-4-6-17(28)13-18/h4,6-14,28H,3,5H2,1-2H3,(H,24,25,26,27). The highest BCUT2D eigenvalue weighted by atomic mass is 32.2. The summed E-state index contributed by atoms with van der Waals surface area (Å²) in [4.78, 5) is 15.5. The summed E-state index contributed by atoms with van der Waals surface area (Å²) in [6.45, 7) is 4.20. The number of anilines is 2. The Kier molecular flexibility index (Phi) is 5.62. The van der Waals surface area contributed by atoms with Crippen LogP contribution in [0.4, 0.5) is 11.5 Å². The minimum atomic E-state index is 0.257. The van der Waals surface area contributed by atoms with Gasteiger partial charge in [0.2, 0.25) is 0 Å². The Balaban J connectivity index is 1.70. The molecule has 4 aromatic rings. The number of rotatable bonds is 6. The number of phenolic OH excluding ortho intramolecular Hbond substituents is 1. The molecule has 0 aliphatic heterocycles. The molecule has 6 heteroatoms. The summed E-state index contributed by atoms with van der Waals surface area (Å²) in [5.41, 5.74) is 3.84. The van der Waals surface area contributed by atoms with Crippen LogP contribution in [0.5, 0.6) is 5.75 Å². The highest BCUT2D eigenvalue weighted by molar-refractivity contribution is 7.99. The Labute approximate surface area is 174 Å². The second-order valence-corrected chi connectivity index (χ2v) is 7.99. The SMILES string of the molecule is CCCc1ccc2c(Nc3cc(C)ccc3Sc3cccc(O)c3)ncnc2n1. The second kappa shape index (κ2) is 8.49. The number of hydrogen-bond acceptors (Lipinski definition) is 6. The van der Waals surface area contributed by atoms with E-state index in [1.807, 2.05) is 24.3 Å². The maximum atomic E-state index is 9.77. The molecule has 0 fully saturated rings. The fraction of sp³-hybridized carbons (Fsp3) is 0.174. The van der Waals surface area contributed by atoms with Gasteiger partial charge in [0.05, 0.1) is 11.1 Å². The lowest BCUT2D eigenvalue weighted by molar-refractivity contribution is 0.474. The third-order valence-corrected chi connectivity index (χ3v) is 5.56. The van der Waals surface area contributed by atoms with Crippen molar-refractivity contribution >= 4 is 34.3 Å². The lowest BCUT2D eigenvalue weighted by Gasteiger charge is -2.14. The number of nitrogens with one attached hydrogen (secondary N) is 1. The Morgan fingerprint density at radius 1 is 1.03 bits per heavy atom. The van der Waals surface area contributed by atoms with E-state index in [1.54, 1.807) is 30.2 Å². The molecule has 2 N–H and O–H groups in total. The molecule has 0 aliphatic rings. The van der Waals surface area contributed by atoms with Crippen LogP contribution in [-0.2, 0) is 6.42 Å². The summed E-state index contributed by atoms with van der Waals surface area (Å²) in [6, 6.07) is 17.6. The number of phenols is 1. The van der Waals surface area contributed by atoms with Crippen LogP contribution >= 0.6 is 11.8 Å². The molecule has 0 bridgehead atoms. The van der Waals surface area contributed by atoms with Crippen LogP contribution in [0.25, 0.3) is 11.0 Å². The minimum absolute atomic E-state index is 0.257. The molecule has 4 rings (SSSR count). The van der Waals surface area contributed by atoms with E-state index in [1.165, 1.54) is 0 Å². The van der Waals surface area contributed by atoms with Gasteiger partial charge in [-0.2, -0.15) is 0 Å². The van der Waals surface area contributed by atoms with E-state index in [9.17, 15) is 5.11 Å². The molecule has 2 aromatic carbocycles.